The van der Waals surface area contributed by atoms with Crippen LogP contribution in [0.5, 0.6) is 0 Å². The van der Waals surface area contributed by atoms with Gasteiger partial charge in [-0.1, -0.05) is 0 Å². The molecule has 3 N–H and O–H groups in total. The highest BCUT2D eigenvalue weighted by molar-refractivity contribution is 7.92. The number of carbonyl (C=O) groups excluding carboxylic acids is 1. The number of carbonyl (C=O) groups is 1. The van der Waals surface area contributed by atoms with Gasteiger partial charge in [-0.25, -0.2) is 22.2 Å². The first-order valence-corrected chi connectivity index (χ1v) is 12.5. The third kappa shape index (κ3) is 5.41. The van der Waals surface area contributed by atoms with Crippen molar-refractivity contribution in [2.24, 2.45) is 4.99 Å². The molecule has 2 aromatic carbocycles. The third-order valence-electron chi connectivity index (χ3n) is 5.73. The van der Waals surface area contributed by atoms with Crippen LogP contribution in [0.2, 0.25) is 0 Å². The van der Waals surface area contributed by atoms with E-state index in [4.69, 9.17) is 5.41 Å². The van der Waals surface area contributed by atoms with Crippen LogP contribution < -0.4 is 4.72 Å². The van der Waals surface area contributed by atoms with E-state index in [9.17, 15) is 30.8 Å². The van der Waals surface area contributed by atoms with Crippen molar-refractivity contribution < 1.29 is 35.2 Å². The summed E-state index contributed by atoms with van der Waals surface area (Å²) in [7, 11) is -3.09. The standard InChI is InChI=1S/C25H18F5N5O3S/c1-32-10-14(9-31)13-8-17-18(12-34-24(17)33-11-13)23(36)21-19(26)6-7-20(22(21)27)35-39(37,38)16-4-2-15(3-5-16)25(28,29)30/h2-12,14,31,35H,1H3,(H,33,34). The van der Waals surface area contributed by atoms with E-state index >= 15 is 4.39 Å². The summed E-state index contributed by atoms with van der Waals surface area (Å²) in [5.74, 6) is -4.49. The highest BCUT2D eigenvalue weighted by atomic mass is 32.2. The number of fused-ring (bicyclic) bond motifs is 1. The molecule has 0 radical (unpaired) electrons. The number of aromatic amines is 1. The van der Waals surface area contributed by atoms with E-state index in [2.05, 4.69) is 15.0 Å². The minimum atomic E-state index is -4.70. The maximum absolute atomic E-state index is 15.4. The molecular formula is C25H18F5N5O3S. The number of sulfonamides is 1. The molecule has 2 heterocycles. The first-order valence-electron chi connectivity index (χ1n) is 11.0. The number of nitrogens with one attached hydrogen (secondary N) is 3. The van der Waals surface area contributed by atoms with E-state index < -0.39 is 61.2 Å². The van der Waals surface area contributed by atoms with Gasteiger partial charge in [-0.2, -0.15) is 13.2 Å². The van der Waals surface area contributed by atoms with Gasteiger partial charge in [-0.15, -0.1) is 0 Å². The van der Waals surface area contributed by atoms with Gasteiger partial charge in [0, 0.05) is 42.8 Å². The van der Waals surface area contributed by atoms with Gasteiger partial charge in [0.1, 0.15) is 11.5 Å². The molecule has 14 heteroatoms. The van der Waals surface area contributed by atoms with Crippen LogP contribution in [-0.4, -0.2) is 43.6 Å². The van der Waals surface area contributed by atoms with E-state index in [0.717, 1.165) is 12.3 Å². The van der Waals surface area contributed by atoms with Crippen molar-refractivity contribution in [3.8, 4) is 0 Å². The molecule has 2 aromatic heterocycles. The molecule has 0 bridgehead atoms. The minimum absolute atomic E-state index is 0.169. The fraction of sp³-hybridized carbons (Fsp3) is 0.120. The maximum atomic E-state index is 15.4. The molecule has 39 heavy (non-hydrogen) atoms. The Morgan fingerprint density at radius 1 is 1.15 bits per heavy atom. The molecule has 1 atom stereocenters. The molecule has 4 rings (SSSR count). The average molecular weight is 564 g/mol. The number of rotatable bonds is 8. The van der Waals surface area contributed by atoms with Gasteiger partial charge < -0.3 is 10.4 Å². The fourth-order valence-electron chi connectivity index (χ4n) is 3.78. The lowest BCUT2D eigenvalue weighted by atomic mass is 9.98. The molecule has 0 spiro atoms. The highest BCUT2D eigenvalue weighted by Gasteiger charge is 2.31. The number of hydrogen-bond acceptors (Lipinski definition) is 6. The number of anilines is 1. The Labute approximate surface area is 218 Å². The van der Waals surface area contributed by atoms with Gasteiger partial charge in [0.05, 0.1) is 27.6 Å². The predicted octanol–water partition coefficient (Wildman–Crippen LogP) is 5.33. The topological polar surface area (TPSA) is 128 Å². The van der Waals surface area contributed by atoms with Crippen LogP contribution in [0.1, 0.15) is 33.0 Å². The van der Waals surface area contributed by atoms with E-state index in [1.54, 1.807) is 0 Å². The lowest BCUT2D eigenvalue weighted by Gasteiger charge is -2.13. The molecule has 0 saturated heterocycles. The molecule has 0 aliphatic carbocycles. The number of H-pyrrole nitrogens is 1. The minimum Gasteiger partial charge on any atom is -0.345 e. The summed E-state index contributed by atoms with van der Waals surface area (Å²) < 4.78 is 95.7. The van der Waals surface area contributed by atoms with Crippen LogP contribution in [-0.2, 0) is 16.2 Å². The second kappa shape index (κ2) is 10.4. The van der Waals surface area contributed by atoms with Crippen molar-refractivity contribution >= 4 is 45.0 Å². The monoisotopic (exact) mass is 563 g/mol. The van der Waals surface area contributed by atoms with Crippen LogP contribution in [0, 0.1) is 17.0 Å². The first kappa shape index (κ1) is 27.6. The van der Waals surface area contributed by atoms with Gasteiger partial charge in [-0.05, 0) is 48.0 Å². The van der Waals surface area contributed by atoms with Gasteiger partial charge in [0.15, 0.2) is 5.82 Å². The summed E-state index contributed by atoms with van der Waals surface area (Å²) in [6.07, 6.45) is 0.499. The SMILES string of the molecule is CN=CC(C=N)c1cnc2[nH]cc(C(=O)c3c(F)ccc(NS(=O)(=O)c4ccc(C(F)(F)F)cc4)c3F)c2c1. The number of alkyl halides is 3. The van der Waals surface area contributed by atoms with Gasteiger partial charge >= 0.3 is 6.18 Å². The molecule has 202 valence electrons. The van der Waals surface area contributed by atoms with Crippen LogP contribution in [0.25, 0.3) is 11.0 Å². The second-order valence-corrected chi connectivity index (χ2v) is 9.89. The Hall–Kier alpha value is -4.46. The van der Waals surface area contributed by atoms with Crippen molar-refractivity contribution in [1.29, 1.82) is 5.41 Å². The zero-order valence-corrected chi connectivity index (χ0v) is 20.7. The average Bonchev–Trinajstić information content (AvgIpc) is 3.32. The van der Waals surface area contributed by atoms with E-state index in [1.165, 1.54) is 31.7 Å². The van der Waals surface area contributed by atoms with Gasteiger partial charge in [0.25, 0.3) is 10.0 Å². The Bertz CT molecular complexity index is 1710. The largest absolute Gasteiger partial charge is 0.416 e. The number of aliphatic imine (C=N–C) groups is 1. The molecule has 4 aromatic rings. The smallest absolute Gasteiger partial charge is 0.345 e. The van der Waals surface area contributed by atoms with Crippen molar-refractivity contribution in [1.82, 2.24) is 9.97 Å². The van der Waals surface area contributed by atoms with E-state index in [0.29, 0.717) is 35.9 Å². The lowest BCUT2D eigenvalue weighted by molar-refractivity contribution is -0.137. The van der Waals surface area contributed by atoms with Crippen molar-refractivity contribution in [3.63, 3.8) is 0 Å². The molecular weight excluding hydrogens is 545 g/mol. The molecule has 0 aliphatic heterocycles. The maximum Gasteiger partial charge on any atom is 0.416 e. The number of aromatic nitrogens is 2. The summed E-state index contributed by atoms with van der Waals surface area (Å²) >= 11 is 0. The number of halogens is 5. The van der Waals surface area contributed by atoms with Gasteiger partial charge in [-0.3, -0.25) is 14.5 Å². The quantitative estimate of drug-likeness (QED) is 0.152. The number of nitrogens with zero attached hydrogens (tertiary/aromatic N) is 2. The van der Waals surface area contributed by atoms with E-state index in [1.807, 2.05) is 4.72 Å². The van der Waals surface area contributed by atoms with Crippen LogP contribution in [0.4, 0.5) is 27.6 Å². The summed E-state index contributed by atoms with van der Waals surface area (Å²) in [6, 6.07) is 5.38. The molecule has 0 aliphatic rings. The van der Waals surface area contributed by atoms with Crippen molar-refractivity contribution in [2.45, 2.75) is 17.0 Å². The predicted molar refractivity (Wildman–Crippen MR) is 134 cm³/mol. The van der Waals surface area contributed by atoms with Gasteiger partial charge in [0.2, 0.25) is 5.78 Å². The Kier molecular flexibility index (Phi) is 7.33. The third-order valence-corrected chi connectivity index (χ3v) is 7.11. The molecule has 0 saturated carbocycles. The molecule has 0 fully saturated rings. The first-order chi connectivity index (χ1) is 18.4. The number of ketones is 1. The normalized spacial score (nSPS) is 13.1. The zero-order valence-electron chi connectivity index (χ0n) is 19.8. The lowest BCUT2D eigenvalue weighted by Crippen LogP contribution is -2.17. The summed E-state index contributed by atoms with van der Waals surface area (Å²) in [6.45, 7) is 0. The van der Waals surface area contributed by atoms with Crippen molar-refractivity contribution in [2.75, 3.05) is 11.8 Å². The Balaban J connectivity index is 1.72. The van der Waals surface area contributed by atoms with E-state index in [-0.39, 0.29) is 16.6 Å². The zero-order chi connectivity index (χ0) is 28.5. The number of pyridine rings is 1. The highest BCUT2D eigenvalue weighted by Crippen LogP contribution is 2.31. The Morgan fingerprint density at radius 3 is 2.46 bits per heavy atom. The van der Waals surface area contributed by atoms with Crippen LogP contribution in [0.15, 0.2) is 64.7 Å². The number of benzene rings is 2. The van der Waals surface area contributed by atoms with Crippen LogP contribution in [0.3, 0.4) is 0 Å². The van der Waals surface area contributed by atoms with Crippen LogP contribution >= 0.6 is 0 Å². The summed E-state index contributed by atoms with van der Waals surface area (Å²) in [4.78, 5) is 23.4. The number of hydrogen-bond donors (Lipinski definition) is 3. The van der Waals surface area contributed by atoms with Crippen molar-refractivity contribution in [3.05, 3.63) is 88.7 Å². The molecule has 0 amide bonds. The Morgan fingerprint density at radius 2 is 1.85 bits per heavy atom. The summed E-state index contributed by atoms with van der Waals surface area (Å²) in [5, 5.41) is 7.77. The fourth-order valence-corrected chi connectivity index (χ4v) is 4.84. The summed E-state index contributed by atoms with van der Waals surface area (Å²) in [5.41, 5.74) is -2.41. The molecule has 8 nitrogen and oxygen atoms in total. The molecule has 1 unspecified atom stereocenters. The second-order valence-electron chi connectivity index (χ2n) is 8.21.